The Morgan fingerprint density at radius 3 is 2.93 bits per heavy atom. The maximum Gasteiger partial charge on any atom is 0.268 e. The first-order valence-electron chi connectivity index (χ1n) is 4.24. The Morgan fingerprint density at radius 1 is 1.64 bits per heavy atom. The lowest BCUT2D eigenvalue weighted by Gasteiger charge is -2.04. The summed E-state index contributed by atoms with van der Waals surface area (Å²) in [6, 6.07) is 3.67. The third-order valence-corrected chi connectivity index (χ3v) is 3.21. The van der Waals surface area contributed by atoms with Crippen LogP contribution in [0.15, 0.2) is 21.6 Å². The van der Waals surface area contributed by atoms with E-state index in [1.807, 2.05) is 12.1 Å². The molecule has 0 radical (unpaired) electrons. The topological polar surface area (TPSA) is 56.0 Å². The third kappa shape index (κ3) is 2.99. The molecule has 0 aromatic carbocycles. The molecule has 2 N–H and O–H groups in total. The van der Waals surface area contributed by atoms with Gasteiger partial charge >= 0.3 is 0 Å². The van der Waals surface area contributed by atoms with E-state index in [0.29, 0.717) is 10.3 Å². The number of rotatable bonds is 4. The van der Waals surface area contributed by atoms with Crippen molar-refractivity contribution in [3.63, 3.8) is 0 Å². The number of thioether (sulfide) groups is 1. The van der Waals surface area contributed by atoms with Gasteiger partial charge in [0.25, 0.3) is 5.91 Å². The van der Waals surface area contributed by atoms with Gasteiger partial charge < -0.3 is 5.73 Å². The summed E-state index contributed by atoms with van der Waals surface area (Å²) in [7, 11) is 0. The van der Waals surface area contributed by atoms with Crippen molar-refractivity contribution in [1.29, 1.82) is 0 Å². The normalized spacial score (nSPS) is 10.1. The monoisotopic (exact) mass is 274 g/mol. The van der Waals surface area contributed by atoms with Crippen molar-refractivity contribution < 1.29 is 4.79 Å². The predicted molar refractivity (Wildman–Crippen MR) is 61.5 cm³/mol. The number of nitrogens with zero attached hydrogens (tertiary/aromatic N) is 1. The minimum absolute atomic E-state index is 0.345. The van der Waals surface area contributed by atoms with E-state index in [4.69, 9.17) is 5.73 Å². The Kier molecular flexibility index (Phi) is 4.41. The minimum Gasteiger partial charge on any atom is -0.364 e. The second-order valence-corrected chi connectivity index (χ2v) is 4.64. The maximum absolute atomic E-state index is 11.1. The summed E-state index contributed by atoms with van der Waals surface area (Å²) in [4.78, 5) is 16.0. The highest BCUT2D eigenvalue weighted by Crippen LogP contribution is 2.23. The molecular formula is C9H11BrN2OS. The van der Waals surface area contributed by atoms with E-state index in [1.165, 1.54) is 0 Å². The Morgan fingerprint density at radius 2 is 2.36 bits per heavy atom. The fourth-order valence-corrected chi connectivity index (χ4v) is 2.11. The average molecular weight is 275 g/mol. The zero-order valence-electron chi connectivity index (χ0n) is 7.79. The highest BCUT2D eigenvalue weighted by Gasteiger charge is 2.10. The van der Waals surface area contributed by atoms with Gasteiger partial charge in [-0.15, -0.1) is 11.8 Å². The molecular weight excluding hydrogens is 264 g/mol. The van der Waals surface area contributed by atoms with Crippen LogP contribution < -0.4 is 5.73 Å². The number of amides is 1. The average Bonchev–Trinajstić information content (AvgIpc) is 2.15. The number of hydrogen-bond acceptors (Lipinski definition) is 3. The SMILES string of the molecule is CCCSc1ccc(Br)nc1C(N)=O. The summed E-state index contributed by atoms with van der Waals surface area (Å²) in [5.74, 6) is 0.480. The Hall–Kier alpha value is -0.550. The second kappa shape index (κ2) is 5.36. The van der Waals surface area contributed by atoms with Gasteiger partial charge in [0.2, 0.25) is 0 Å². The molecule has 0 unspecified atom stereocenters. The third-order valence-electron chi connectivity index (χ3n) is 1.52. The van der Waals surface area contributed by atoms with Crippen molar-refractivity contribution in [2.75, 3.05) is 5.75 Å². The molecule has 1 amide bonds. The van der Waals surface area contributed by atoms with Crippen molar-refractivity contribution in [3.8, 4) is 0 Å². The fraction of sp³-hybridized carbons (Fsp3) is 0.333. The van der Waals surface area contributed by atoms with Crippen molar-refractivity contribution in [2.45, 2.75) is 18.2 Å². The van der Waals surface area contributed by atoms with E-state index in [1.54, 1.807) is 11.8 Å². The highest BCUT2D eigenvalue weighted by atomic mass is 79.9. The van der Waals surface area contributed by atoms with Crippen LogP contribution in [0.2, 0.25) is 0 Å². The van der Waals surface area contributed by atoms with Gasteiger partial charge in [0.15, 0.2) is 0 Å². The van der Waals surface area contributed by atoms with Gasteiger partial charge in [-0.05, 0) is 40.2 Å². The lowest BCUT2D eigenvalue weighted by Crippen LogP contribution is -2.14. The quantitative estimate of drug-likeness (QED) is 0.678. The smallest absolute Gasteiger partial charge is 0.268 e. The zero-order valence-corrected chi connectivity index (χ0v) is 10.2. The van der Waals surface area contributed by atoms with E-state index in [0.717, 1.165) is 17.1 Å². The second-order valence-electron chi connectivity index (χ2n) is 2.69. The van der Waals surface area contributed by atoms with E-state index in [9.17, 15) is 4.79 Å². The van der Waals surface area contributed by atoms with Gasteiger partial charge in [-0.3, -0.25) is 4.79 Å². The summed E-state index contributed by atoms with van der Waals surface area (Å²) in [6.07, 6.45) is 1.05. The lowest BCUT2D eigenvalue weighted by atomic mass is 10.3. The van der Waals surface area contributed by atoms with Crippen molar-refractivity contribution >= 4 is 33.6 Å². The molecule has 0 saturated heterocycles. The van der Waals surface area contributed by atoms with E-state index in [-0.39, 0.29) is 0 Å². The molecule has 1 aromatic rings. The summed E-state index contributed by atoms with van der Waals surface area (Å²) in [5, 5.41) is 0. The summed E-state index contributed by atoms with van der Waals surface area (Å²) in [6.45, 7) is 2.09. The fourth-order valence-electron chi connectivity index (χ4n) is 0.928. The van der Waals surface area contributed by atoms with E-state index < -0.39 is 5.91 Å². The largest absolute Gasteiger partial charge is 0.364 e. The number of hydrogen-bond donors (Lipinski definition) is 1. The molecule has 1 rings (SSSR count). The molecule has 0 bridgehead atoms. The highest BCUT2D eigenvalue weighted by molar-refractivity contribution is 9.10. The standard InChI is InChI=1S/C9H11BrN2OS/c1-2-5-14-6-3-4-7(10)12-8(6)9(11)13/h3-4H,2,5H2,1H3,(H2,11,13). The first kappa shape index (κ1) is 11.5. The van der Waals surface area contributed by atoms with Gasteiger partial charge in [0.1, 0.15) is 10.3 Å². The van der Waals surface area contributed by atoms with Gasteiger partial charge in [-0.2, -0.15) is 0 Å². The van der Waals surface area contributed by atoms with Gasteiger partial charge in [-0.25, -0.2) is 4.98 Å². The molecule has 0 saturated carbocycles. The lowest BCUT2D eigenvalue weighted by molar-refractivity contribution is 0.0992. The maximum atomic E-state index is 11.1. The van der Waals surface area contributed by atoms with Crippen LogP contribution in [-0.2, 0) is 0 Å². The Labute approximate surface area is 95.6 Å². The van der Waals surface area contributed by atoms with Crippen molar-refractivity contribution in [3.05, 3.63) is 22.4 Å². The van der Waals surface area contributed by atoms with Crippen molar-refractivity contribution in [2.24, 2.45) is 5.73 Å². The number of aromatic nitrogens is 1. The molecule has 5 heteroatoms. The van der Waals surface area contributed by atoms with Crippen molar-refractivity contribution in [1.82, 2.24) is 4.98 Å². The summed E-state index contributed by atoms with van der Waals surface area (Å²) in [5.41, 5.74) is 5.56. The van der Waals surface area contributed by atoms with Gasteiger partial charge in [-0.1, -0.05) is 6.92 Å². The molecule has 0 fully saturated rings. The van der Waals surface area contributed by atoms with E-state index in [2.05, 4.69) is 27.8 Å². The molecule has 1 aromatic heterocycles. The van der Waals surface area contributed by atoms with Gasteiger partial charge in [0.05, 0.1) is 0 Å². The summed E-state index contributed by atoms with van der Waals surface area (Å²) >= 11 is 4.80. The zero-order chi connectivity index (χ0) is 10.6. The summed E-state index contributed by atoms with van der Waals surface area (Å²) < 4.78 is 0.632. The first-order valence-corrected chi connectivity index (χ1v) is 6.02. The number of halogens is 1. The molecule has 1 heterocycles. The van der Waals surface area contributed by atoms with Crippen LogP contribution in [0, 0.1) is 0 Å². The van der Waals surface area contributed by atoms with Crippen LogP contribution in [0.3, 0.4) is 0 Å². The molecule has 0 spiro atoms. The number of carbonyl (C=O) groups excluding carboxylic acids is 1. The molecule has 14 heavy (non-hydrogen) atoms. The number of pyridine rings is 1. The molecule has 0 aliphatic carbocycles. The Balaban J connectivity index is 2.96. The number of nitrogens with two attached hydrogens (primary N) is 1. The molecule has 0 aliphatic heterocycles. The minimum atomic E-state index is -0.482. The van der Waals surface area contributed by atoms with Crippen LogP contribution >= 0.6 is 27.7 Å². The predicted octanol–water partition coefficient (Wildman–Crippen LogP) is 2.45. The molecule has 0 atom stereocenters. The van der Waals surface area contributed by atoms with Crippen LogP contribution in [0.4, 0.5) is 0 Å². The molecule has 0 aliphatic rings. The Bertz CT molecular complexity index is 344. The van der Waals surface area contributed by atoms with Crippen LogP contribution in [0.5, 0.6) is 0 Å². The number of primary amides is 1. The molecule has 76 valence electrons. The van der Waals surface area contributed by atoms with E-state index >= 15 is 0 Å². The van der Waals surface area contributed by atoms with Crippen LogP contribution in [0.1, 0.15) is 23.8 Å². The van der Waals surface area contributed by atoms with Crippen LogP contribution in [-0.4, -0.2) is 16.6 Å². The van der Waals surface area contributed by atoms with Gasteiger partial charge in [0, 0.05) is 4.90 Å². The number of carbonyl (C=O) groups is 1. The molecule has 3 nitrogen and oxygen atoms in total. The van der Waals surface area contributed by atoms with Crippen LogP contribution in [0.25, 0.3) is 0 Å². The first-order chi connectivity index (χ1) is 6.65.